The number of aromatic nitrogens is 1. The molecule has 0 bridgehead atoms. The summed E-state index contributed by atoms with van der Waals surface area (Å²) in [6.45, 7) is 4.45. The molecule has 1 aliphatic heterocycles. The van der Waals surface area contributed by atoms with E-state index in [0.29, 0.717) is 6.04 Å². The molecular formula is C15H23N3. The van der Waals surface area contributed by atoms with Gasteiger partial charge in [0.2, 0.25) is 0 Å². The molecule has 1 saturated carbocycles. The molecule has 3 rings (SSSR count). The van der Waals surface area contributed by atoms with Crippen molar-refractivity contribution in [3.8, 4) is 0 Å². The van der Waals surface area contributed by atoms with Gasteiger partial charge in [-0.3, -0.25) is 4.98 Å². The summed E-state index contributed by atoms with van der Waals surface area (Å²) < 4.78 is 0. The van der Waals surface area contributed by atoms with E-state index in [1.807, 2.05) is 6.20 Å². The minimum absolute atomic E-state index is 0.672. The smallest absolute Gasteiger partial charge is 0.0562 e. The molecule has 1 aromatic rings. The molecule has 0 amide bonds. The summed E-state index contributed by atoms with van der Waals surface area (Å²) in [7, 11) is 0. The van der Waals surface area contributed by atoms with Gasteiger partial charge in [0.05, 0.1) is 5.69 Å². The second-order valence-electron chi connectivity index (χ2n) is 5.70. The Kier molecular flexibility index (Phi) is 3.50. The molecular weight excluding hydrogens is 222 g/mol. The van der Waals surface area contributed by atoms with Crippen LogP contribution in [-0.2, 0) is 6.54 Å². The lowest BCUT2D eigenvalue weighted by Crippen LogP contribution is -2.37. The summed E-state index contributed by atoms with van der Waals surface area (Å²) in [5, 5.41) is 3.53. The van der Waals surface area contributed by atoms with Crippen LogP contribution in [0.25, 0.3) is 0 Å². The van der Waals surface area contributed by atoms with Gasteiger partial charge in [0.15, 0.2) is 0 Å². The van der Waals surface area contributed by atoms with Crippen molar-refractivity contribution in [1.29, 1.82) is 0 Å². The zero-order valence-electron chi connectivity index (χ0n) is 11.2. The van der Waals surface area contributed by atoms with Crippen LogP contribution < -0.4 is 10.2 Å². The quantitative estimate of drug-likeness (QED) is 0.884. The number of nitrogens with one attached hydrogen (secondary N) is 1. The van der Waals surface area contributed by atoms with Crippen LogP contribution in [0.2, 0.25) is 0 Å². The van der Waals surface area contributed by atoms with Gasteiger partial charge in [-0.1, -0.05) is 0 Å². The Balaban J connectivity index is 1.68. The predicted octanol–water partition coefficient (Wildman–Crippen LogP) is 2.71. The van der Waals surface area contributed by atoms with Crippen molar-refractivity contribution in [3.63, 3.8) is 0 Å². The van der Waals surface area contributed by atoms with E-state index in [2.05, 4.69) is 34.3 Å². The summed E-state index contributed by atoms with van der Waals surface area (Å²) in [6, 6.07) is 5.84. The van der Waals surface area contributed by atoms with Gasteiger partial charge >= 0.3 is 0 Å². The van der Waals surface area contributed by atoms with Crippen molar-refractivity contribution in [2.24, 2.45) is 0 Å². The van der Waals surface area contributed by atoms with E-state index in [1.165, 1.54) is 50.0 Å². The molecule has 3 nitrogen and oxygen atoms in total. The molecule has 3 heteroatoms. The van der Waals surface area contributed by atoms with Crippen LogP contribution in [0.4, 0.5) is 5.69 Å². The Bertz CT molecular complexity index is 400. The molecule has 2 fully saturated rings. The molecule has 0 radical (unpaired) electrons. The summed E-state index contributed by atoms with van der Waals surface area (Å²) in [5.74, 6) is 0. The molecule has 1 aliphatic carbocycles. The Labute approximate surface area is 110 Å². The van der Waals surface area contributed by atoms with E-state index in [-0.39, 0.29) is 0 Å². The minimum Gasteiger partial charge on any atom is -0.369 e. The van der Waals surface area contributed by atoms with Gasteiger partial charge in [0.25, 0.3) is 0 Å². The average molecular weight is 245 g/mol. The van der Waals surface area contributed by atoms with E-state index < -0.39 is 0 Å². The van der Waals surface area contributed by atoms with Crippen molar-refractivity contribution >= 4 is 5.69 Å². The van der Waals surface area contributed by atoms with Crippen molar-refractivity contribution in [1.82, 2.24) is 10.3 Å². The third-order valence-electron chi connectivity index (χ3n) is 4.08. The molecule has 1 atom stereocenters. The van der Waals surface area contributed by atoms with Gasteiger partial charge in [-0.05, 0) is 51.2 Å². The van der Waals surface area contributed by atoms with E-state index in [9.17, 15) is 0 Å². The normalized spacial score (nSPS) is 24.3. The number of anilines is 1. The first-order chi connectivity index (χ1) is 8.83. The predicted molar refractivity (Wildman–Crippen MR) is 74.8 cm³/mol. The van der Waals surface area contributed by atoms with Gasteiger partial charge in [-0.25, -0.2) is 0 Å². The molecule has 18 heavy (non-hydrogen) atoms. The van der Waals surface area contributed by atoms with Crippen molar-refractivity contribution in [2.75, 3.05) is 11.4 Å². The van der Waals surface area contributed by atoms with E-state index in [0.717, 1.165) is 12.6 Å². The molecule has 1 N–H and O–H groups in total. The van der Waals surface area contributed by atoms with E-state index >= 15 is 0 Å². The Morgan fingerprint density at radius 1 is 1.33 bits per heavy atom. The number of hydrogen-bond acceptors (Lipinski definition) is 3. The molecule has 2 heterocycles. The third-order valence-corrected chi connectivity index (χ3v) is 4.08. The summed E-state index contributed by atoms with van der Waals surface area (Å²) >= 11 is 0. The fourth-order valence-corrected chi connectivity index (χ4v) is 2.76. The highest BCUT2D eigenvalue weighted by atomic mass is 15.2. The van der Waals surface area contributed by atoms with Crippen LogP contribution in [0.3, 0.4) is 0 Å². The number of piperidine rings is 1. The maximum Gasteiger partial charge on any atom is 0.0562 e. The van der Waals surface area contributed by atoms with Crippen LogP contribution >= 0.6 is 0 Å². The molecule has 2 aliphatic rings. The van der Waals surface area contributed by atoms with Crippen LogP contribution in [-0.4, -0.2) is 23.6 Å². The second kappa shape index (κ2) is 5.27. The van der Waals surface area contributed by atoms with Crippen molar-refractivity contribution < 1.29 is 0 Å². The van der Waals surface area contributed by atoms with Gasteiger partial charge in [-0.2, -0.15) is 0 Å². The highest BCUT2D eigenvalue weighted by Gasteiger charge is 2.21. The lowest BCUT2D eigenvalue weighted by atomic mass is 10.0. The molecule has 0 spiro atoms. The Hall–Kier alpha value is -1.09. The Morgan fingerprint density at radius 3 is 3.00 bits per heavy atom. The fourth-order valence-electron chi connectivity index (χ4n) is 2.76. The number of hydrogen-bond donors (Lipinski definition) is 1. The van der Waals surface area contributed by atoms with Crippen LogP contribution in [0.1, 0.15) is 44.7 Å². The summed E-state index contributed by atoms with van der Waals surface area (Å²) in [4.78, 5) is 7.00. The molecule has 1 aromatic heterocycles. The zero-order valence-corrected chi connectivity index (χ0v) is 11.2. The Morgan fingerprint density at radius 2 is 2.22 bits per heavy atom. The largest absolute Gasteiger partial charge is 0.369 e. The highest BCUT2D eigenvalue weighted by molar-refractivity contribution is 5.47. The van der Waals surface area contributed by atoms with Gasteiger partial charge < -0.3 is 10.2 Å². The van der Waals surface area contributed by atoms with Crippen LogP contribution in [0, 0.1) is 0 Å². The maximum absolute atomic E-state index is 4.47. The monoisotopic (exact) mass is 245 g/mol. The fraction of sp³-hybridized carbons (Fsp3) is 0.667. The van der Waals surface area contributed by atoms with Crippen LogP contribution in [0.15, 0.2) is 18.3 Å². The molecule has 0 aromatic carbocycles. The van der Waals surface area contributed by atoms with Crippen molar-refractivity contribution in [3.05, 3.63) is 24.0 Å². The first-order valence-corrected chi connectivity index (χ1v) is 7.28. The standard InChI is InChI=1S/C15H23N3/c1-12-4-2-3-9-18(12)15-7-8-16-14(10-15)11-17-13-5-6-13/h7-8,10,12-13,17H,2-6,9,11H2,1H3. The number of pyridine rings is 1. The second-order valence-corrected chi connectivity index (χ2v) is 5.70. The first-order valence-electron chi connectivity index (χ1n) is 7.28. The summed E-state index contributed by atoms with van der Waals surface area (Å²) in [6.07, 6.45) is 8.64. The highest BCUT2D eigenvalue weighted by Crippen LogP contribution is 2.25. The van der Waals surface area contributed by atoms with E-state index in [4.69, 9.17) is 0 Å². The molecule has 1 unspecified atom stereocenters. The van der Waals surface area contributed by atoms with Gasteiger partial charge in [0, 0.05) is 37.1 Å². The summed E-state index contributed by atoms with van der Waals surface area (Å²) in [5.41, 5.74) is 2.53. The lowest BCUT2D eigenvalue weighted by molar-refractivity contribution is 0.484. The maximum atomic E-state index is 4.47. The zero-order chi connectivity index (χ0) is 12.4. The van der Waals surface area contributed by atoms with Gasteiger partial charge in [0.1, 0.15) is 0 Å². The van der Waals surface area contributed by atoms with Crippen LogP contribution in [0.5, 0.6) is 0 Å². The number of rotatable bonds is 4. The average Bonchev–Trinajstić information content (AvgIpc) is 3.21. The number of nitrogens with zero attached hydrogens (tertiary/aromatic N) is 2. The lowest BCUT2D eigenvalue weighted by Gasteiger charge is -2.35. The first kappa shape index (κ1) is 12.0. The molecule has 1 saturated heterocycles. The minimum atomic E-state index is 0.672. The van der Waals surface area contributed by atoms with Crippen molar-refractivity contribution in [2.45, 2.75) is 57.7 Å². The third kappa shape index (κ3) is 2.83. The SMILES string of the molecule is CC1CCCCN1c1ccnc(CNC2CC2)c1. The van der Waals surface area contributed by atoms with E-state index in [1.54, 1.807) is 0 Å². The topological polar surface area (TPSA) is 28.2 Å². The molecule has 98 valence electrons. The van der Waals surface area contributed by atoms with Gasteiger partial charge in [-0.15, -0.1) is 0 Å².